The molecule has 0 aliphatic rings. The quantitative estimate of drug-likeness (QED) is 0.580. The first-order valence-electron chi connectivity index (χ1n) is 4.45. The van der Waals surface area contributed by atoms with Crippen LogP contribution in [0.2, 0.25) is 10.0 Å². The Bertz CT molecular complexity index is 305. The Kier molecular flexibility index (Phi) is 6.18. The van der Waals surface area contributed by atoms with Gasteiger partial charge in [0.15, 0.2) is 0 Å². The van der Waals surface area contributed by atoms with Gasteiger partial charge in [0.2, 0.25) is 0 Å². The van der Waals surface area contributed by atoms with Crippen molar-refractivity contribution >= 4 is 34.8 Å². The van der Waals surface area contributed by atoms with Crippen LogP contribution in [-0.2, 0) is 4.74 Å². The first kappa shape index (κ1) is 12.9. The summed E-state index contributed by atoms with van der Waals surface area (Å²) in [6.45, 7) is 1.51. The second-order valence-electron chi connectivity index (χ2n) is 2.73. The summed E-state index contributed by atoms with van der Waals surface area (Å²) in [6, 6.07) is 5.13. The highest BCUT2D eigenvalue weighted by molar-refractivity contribution is 6.42. The maximum Gasteiger partial charge on any atom is 0.121 e. The third-order valence-electron chi connectivity index (χ3n) is 1.61. The summed E-state index contributed by atoms with van der Waals surface area (Å²) in [4.78, 5) is 0. The summed E-state index contributed by atoms with van der Waals surface area (Å²) < 4.78 is 10.5. The van der Waals surface area contributed by atoms with Crippen molar-refractivity contribution in [2.45, 2.75) is 0 Å². The van der Waals surface area contributed by atoms with Gasteiger partial charge in [0.1, 0.15) is 12.4 Å². The third-order valence-corrected chi connectivity index (χ3v) is 2.50. The van der Waals surface area contributed by atoms with Gasteiger partial charge >= 0.3 is 0 Å². The predicted molar refractivity (Wildman–Crippen MR) is 63.5 cm³/mol. The molecular weight excluding hydrogens is 258 g/mol. The molecule has 2 nitrogen and oxygen atoms in total. The fourth-order valence-corrected chi connectivity index (χ4v) is 1.34. The maximum atomic E-state index is 5.82. The van der Waals surface area contributed by atoms with Gasteiger partial charge in [0, 0.05) is 11.9 Å². The largest absolute Gasteiger partial charge is 0.491 e. The highest BCUT2D eigenvalue weighted by atomic mass is 35.5. The average Bonchev–Trinajstić information content (AvgIpc) is 2.23. The summed E-state index contributed by atoms with van der Waals surface area (Å²) >= 11 is 17.0. The molecule has 15 heavy (non-hydrogen) atoms. The minimum Gasteiger partial charge on any atom is -0.491 e. The molecule has 0 aromatic heterocycles. The maximum absolute atomic E-state index is 5.82. The summed E-state index contributed by atoms with van der Waals surface area (Å²) in [5, 5.41) is 0.998. The van der Waals surface area contributed by atoms with E-state index in [1.165, 1.54) is 0 Å². The summed E-state index contributed by atoms with van der Waals surface area (Å²) in [5.41, 5.74) is 0. The first-order valence-corrected chi connectivity index (χ1v) is 5.74. The molecule has 1 rings (SSSR count). The van der Waals surface area contributed by atoms with Crippen LogP contribution < -0.4 is 4.74 Å². The van der Waals surface area contributed by atoms with Crippen LogP contribution in [-0.4, -0.2) is 25.7 Å². The fourth-order valence-electron chi connectivity index (χ4n) is 0.942. The average molecular weight is 270 g/mol. The van der Waals surface area contributed by atoms with E-state index in [-0.39, 0.29) is 0 Å². The van der Waals surface area contributed by atoms with Crippen molar-refractivity contribution in [3.63, 3.8) is 0 Å². The lowest BCUT2D eigenvalue weighted by Gasteiger charge is -2.07. The highest BCUT2D eigenvalue weighted by Crippen LogP contribution is 2.26. The van der Waals surface area contributed by atoms with E-state index in [9.17, 15) is 0 Å². The van der Waals surface area contributed by atoms with Crippen LogP contribution in [0.5, 0.6) is 5.75 Å². The SMILES string of the molecule is ClCCOCCOc1ccc(Cl)c(Cl)c1. The molecule has 0 aliphatic carbocycles. The van der Waals surface area contributed by atoms with Crippen molar-refractivity contribution in [3.8, 4) is 5.75 Å². The summed E-state index contributed by atoms with van der Waals surface area (Å²) in [6.07, 6.45) is 0. The van der Waals surface area contributed by atoms with E-state index in [0.29, 0.717) is 41.5 Å². The number of hydrogen-bond donors (Lipinski definition) is 0. The smallest absolute Gasteiger partial charge is 0.121 e. The summed E-state index contributed by atoms with van der Waals surface area (Å²) in [7, 11) is 0. The second kappa shape index (κ2) is 7.18. The van der Waals surface area contributed by atoms with Crippen molar-refractivity contribution in [1.82, 2.24) is 0 Å². The predicted octanol–water partition coefficient (Wildman–Crippen LogP) is 3.63. The fraction of sp³-hybridized carbons (Fsp3) is 0.400. The Morgan fingerprint density at radius 2 is 1.80 bits per heavy atom. The Morgan fingerprint density at radius 1 is 1.00 bits per heavy atom. The Balaban J connectivity index is 2.28. The van der Waals surface area contributed by atoms with Gasteiger partial charge < -0.3 is 9.47 Å². The molecule has 0 aliphatic heterocycles. The number of alkyl halides is 1. The van der Waals surface area contributed by atoms with Gasteiger partial charge in [-0.2, -0.15) is 0 Å². The van der Waals surface area contributed by atoms with Gasteiger partial charge in [-0.25, -0.2) is 0 Å². The van der Waals surface area contributed by atoms with Gasteiger partial charge in [-0.1, -0.05) is 23.2 Å². The lowest BCUT2D eigenvalue weighted by molar-refractivity contribution is 0.111. The van der Waals surface area contributed by atoms with Crippen molar-refractivity contribution in [3.05, 3.63) is 28.2 Å². The van der Waals surface area contributed by atoms with E-state index >= 15 is 0 Å². The van der Waals surface area contributed by atoms with Gasteiger partial charge in [0.25, 0.3) is 0 Å². The van der Waals surface area contributed by atoms with Gasteiger partial charge in [-0.3, -0.25) is 0 Å². The van der Waals surface area contributed by atoms with Crippen LogP contribution in [0, 0.1) is 0 Å². The molecule has 0 atom stereocenters. The van der Waals surface area contributed by atoms with Gasteiger partial charge in [-0.15, -0.1) is 11.6 Å². The second-order valence-corrected chi connectivity index (χ2v) is 3.92. The van der Waals surface area contributed by atoms with E-state index in [0.717, 1.165) is 0 Å². The van der Waals surface area contributed by atoms with Crippen LogP contribution in [0.1, 0.15) is 0 Å². The normalized spacial score (nSPS) is 10.3. The zero-order valence-electron chi connectivity index (χ0n) is 8.01. The van der Waals surface area contributed by atoms with Crippen molar-refractivity contribution in [1.29, 1.82) is 0 Å². The molecule has 0 heterocycles. The Morgan fingerprint density at radius 3 is 2.47 bits per heavy atom. The van der Waals surface area contributed by atoms with E-state index < -0.39 is 0 Å². The molecule has 0 amide bonds. The minimum absolute atomic E-state index is 0.467. The zero-order valence-corrected chi connectivity index (χ0v) is 10.3. The zero-order chi connectivity index (χ0) is 11.1. The number of ether oxygens (including phenoxy) is 2. The van der Waals surface area contributed by atoms with Gasteiger partial charge in [0.05, 0.1) is 23.3 Å². The number of benzene rings is 1. The molecule has 0 bridgehead atoms. The molecule has 0 saturated heterocycles. The minimum atomic E-state index is 0.467. The molecule has 0 fully saturated rings. The molecule has 0 unspecified atom stereocenters. The van der Waals surface area contributed by atoms with Crippen molar-refractivity contribution < 1.29 is 9.47 Å². The molecule has 1 aromatic rings. The summed E-state index contributed by atoms with van der Waals surface area (Å²) in [5.74, 6) is 1.17. The van der Waals surface area contributed by atoms with Crippen LogP contribution >= 0.6 is 34.8 Å². The third kappa shape index (κ3) is 4.94. The van der Waals surface area contributed by atoms with E-state index in [4.69, 9.17) is 44.3 Å². The number of hydrogen-bond acceptors (Lipinski definition) is 2. The molecule has 0 spiro atoms. The van der Waals surface area contributed by atoms with Crippen LogP contribution in [0.15, 0.2) is 18.2 Å². The number of halogens is 3. The van der Waals surface area contributed by atoms with E-state index in [1.54, 1.807) is 18.2 Å². The topological polar surface area (TPSA) is 18.5 Å². The van der Waals surface area contributed by atoms with Crippen molar-refractivity contribution in [2.75, 3.05) is 25.7 Å². The standard InChI is InChI=1S/C10H11Cl3O2/c11-3-4-14-5-6-15-8-1-2-9(12)10(13)7-8/h1-2,7H,3-6H2. The Hall–Kier alpha value is -0.150. The highest BCUT2D eigenvalue weighted by Gasteiger charge is 1.99. The van der Waals surface area contributed by atoms with Crippen LogP contribution in [0.25, 0.3) is 0 Å². The molecular formula is C10H11Cl3O2. The lowest BCUT2D eigenvalue weighted by Crippen LogP contribution is -2.07. The Labute approximate surface area is 104 Å². The van der Waals surface area contributed by atoms with Crippen LogP contribution in [0.4, 0.5) is 0 Å². The molecule has 5 heteroatoms. The molecule has 1 aromatic carbocycles. The van der Waals surface area contributed by atoms with E-state index in [1.807, 2.05) is 0 Å². The molecule has 84 valence electrons. The lowest BCUT2D eigenvalue weighted by atomic mass is 10.3. The van der Waals surface area contributed by atoms with Crippen molar-refractivity contribution in [2.24, 2.45) is 0 Å². The first-order chi connectivity index (χ1) is 7.24. The molecule has 0 radical (unpaired) electrons. The monoisotopic (exact) mass is 268 g/mol. The number of rotatable bonds is 6. The van der Waals surface area contributed by atoms with Crippen LogP contribution in [0.3, 0.4) is 0 Å². The molecule has 0 saturated carbocycles. The molecule has 0 N–H and O–H groups in total. The van der Waals surface area contributed by atoms with Gasteiger partial charge in [-0.05, 0) is 12.1 Å². The van der Waals surface area contributed by atoms with E-state index in [2.05, 4.69) is 0 Å².